The van der Waals surface area contributed by atoms with E-state index in [1.807, 2.05) is 0 Å². The summed E-state index contributed by atoms with van der Waals surface area (Å²) in [5, 5.41) is 12.0. The highest BCUT2D eigenvalue weighted by Crippen LogP contribution is 2.28. The summed E-state index contributed by atoms with van der Waals surface area (Å²) in [4.78, 5) is 25.3. The maximum absolute atomic E-state index is 11.9. The molecule has 0 aromatic carbocycles. The van der Waals surface area contributed by atoms with Crippen molar-refractivity contribution in [2.75, 3.05) is 13.1 Å². The molecule has 18 heavy (non-hydrogen) atoms. The molecule has 2 heterocycles. The monoisotopic (exact) mass is 254 g/mol. The molecule has 2 fully saturated rings. The molecule has 1 amide bonds. The molecule has 0 radical (unpaired) electrons. The van der Waals surface area contributed by atoms with Crippen LogP contribution in [0.15, 0.2) is 0 Å². The average Bonchev–Trinajstić information content (AvgIpc) is 2.81. The lowest BCUT2D eigenvalue weighted by Crippen LogP contribution is -2.44. The van der Waals surface area contributed by atoms with E-state index >= 15 is 0 Å². The maximum Gasteiger partial charge on any atom is 0.309 e. The highest BCUT2D eigenvalue weighted by atomic mass is 16.4. The van der Waals surface area contributed by atoms with Crippen molar-refractivity contribution in [3.63, 3.8) is 0 Å². The molecule has 2 unspecified atom stereocenters. The van der Waals surface area contributed by atoms with Gasteiger partial charge in [-0.2, -0.15) is 0 Å². The first kappa shape index (κ1) is 13.3. The Morgan fingerprint density at radius 1 is 1.33 bits per heavy atom. The van der Waals surface area contributed by atoms with E-state index in [0.717, 1.165) is 25.9 Å². The highest BCUT2D eigenvalue weighted by molar-refractivity contribution is 5.84. The van der Waals surface area contributed by atoms with Crippen LogP contribution in [-0.2, 0) is 9.59 Å². The van der Waals surface area contributed by atoms with Gasteiger partial charge >= 0.3 is 5.97 Å². The molecule has 2 saturated heterocycles. The Labute approximate surface area is 108 Å². The molecule has 5 heteroatoms. The van der Waals surface area contributed by atoms with Crippen molar-refractivity contribution in [2.45, 2.75) is 51.6 Å². The Kier molecular flexibility index (Phi) is 3.61. The number of carboxylic acids is 1. The summed E-state index contributed by atoms with van der Waals surface area (Å²) in [7, 11) is 0. The number of carbonyl (C=O) groups is 2. The number of carboxylic acid groups (broad SMARTS) is 1. The van der Waals surface area contributed by atoms with Gasteiger partial charge in [-0.25, -0.2) is 0 Å². The maximum atomic E-state index is 11.9. The number of carbonyl (C=O) groups excluding carboxylic acids is 1. The summed E-state index contributed by atoms with van der Waals surface area (Å²) in [5.41, 5.74) is -0.988. The zero-order valence-electron chi connectivity index (χ0n) is 11.1. The van der Waals surface area contributed by atoms with Crippen LogP contribution in [0, 0.1) is 5.41 Å². The van der Waals surface area contributed by atoms with E-state index in [9.17, 15) is 9.59 Å². The Morgan fingerprint density at radius 2 is 2.06 bits per heavy atom. The molecule has 2 rings (SSSR count). The number of rotatable bonds is 4. The summed E-state index contributed by atoms with van der Waals surface area (Å²) in [5.74, 6) is -1.06. The molecule has 5 nitrogen and oxygen atoms in total. The minimum absolute atomic E-state index is 0.0472. The minimum Gasteiger partial charge on any atom is -0.481 e. The van der Waals surface area contributed by atoms with Crippen molar-refractivity contribution >= 4 is 11.9 Å². The predicted octanol–water partition coefficient (Wildman–Crippen LogP) is 0.840. The number of hydrogen-bond acceptors (Lipinski definition) is 3. The second-order valence-corrected chi connectivity index (χ2v) is 6.07. The van der Waals surface area contributed by atoms with Crippen molar-refractivity contribution in [3.8, 4) is 0 Å². The number of hydrogen-bond donors (Lipinski definition) is 2. The molecule has 2 aliphatic rings. The van der Waals surface area contributed by atoms with Crippen LogP contribution < -0.4 is 5.32 Å². The van der Waals surface area contributed by atoms with Crippen LogP contribution in [-0.4, -0.2) is 47.1 Å². The van der Waals surface area contributed by atoms with Gasteiger partial charge in [-0.3, -0.25) is 14.5 Å². The lowest BCUT2D eigenvalue weighted by Gasteiger charge is -2.24. The van der Waals surface area contributed by atoms with E-state index in [4.69, 9.17) is 5.11 Å². The van der Waals surface area contributed by atoms with E-state index in [1.165, 1.54) is 6.42 Å². The van der Waals surface area contributed by atoms with Crippen LogP contribution in [0.1, 0.15) is 39.5 Å². The lowest BCUT2D eigenvalue weighted by molar-refractivity contribution is -0.149. The van der Waals surface area contributed by atoms with Gasteiger partial charge < -0.3 is 10.4 Å². The molecule has 0 aromatic heterocycles. The highest BCUT2D eigenvalue weighted by Gasteiger charge is 2.39. The van der Waals surface area contributed by atoms with Crippen molar-refractivity contribution in [1.82, 2.24) is 10.2 Å². The molecule has 0 spiro atoms. The van der Waals surface area contributed by atoms with E-state index in [-0.39, 0.29) is 18.4 Å². The Hall–Kier alpha value is -1.10. The van der Waals surface area contributed by atoms with Crippen LogP contribution in [0.4, 0.5) is 0 Å². The minimum atomic E-state index is -0.988. The normalized spacial score (nSPS) is 28.1. The lowest BCUT2D eigenvalue weighted by atomic mass is 9.89. The molecule has 0 aliphatic carbocycles. The summed E-state index contributed by atoms with van der Waals surface area (Å²) < 4.78 is 0. The first-order valence-corrected chi connectivity index (χ1v) is 6.67. The fourth-order valence-corrected chi connectivity index (χ4v) is 2.99. The quantitative estimate of drug-likeness (QED) is 0.780. The van der Waals surface area contributed by atoms with Gasteiger partial charge in [-0.15, -0.1) is 0 Å². The summed E-state index contributed by atoms with van der Waals surface area (Å²) in [6.45, 7) is 5.37. The van der Waals surface area contributed by atoms with Crippen LogP contribution in [0.25, 0.3) is 0 Å². The number of nitrogens with zero attached hydrogens (tertiary/aromatic N) is 1. The van der Waals surface area contributed by atoms with Crippen LogP contribution >= 0.6 is 0 Å². The van der Waals surface area contributed by atoms with Crippen molar-refractivity contribution in [2.24, 2.45) is 5.41 Å². The molecular formula is C13H22N2O3. The van der Waals surface area contributed by atoms with Crippen LogP contribution in [0.3, 0.4) is 0 Å². The SMILES string of the molecule is CC(C)(CC(=O)NC1CCN2CCCC12)C(=O)O. The molecule has 2 N–H and O–H groups in total. The van der Waals surface area contributed by atoms with E-state index < -0.39 is 11.4 Å². The van der Waals surface area contributed by atoms with Crippen molar-refractivity contribution in [3.05, 3.63) is 0 Å². The second kappa shape index (κ2) is 4.88. The smallest absolute Gasteiger partial charge is 0.309 e. The number of fused-ring (bicyclic) bond motifs is 1. The van der Waals surface area contributed by atoms with Gasteiger partial charge in [0.05, 0.1) is 5.41 Å². The molecule has 2 aliphatic heterocycles. The van der Waals surface area contributed by atoms with Gasteiger partial charge in [0.2, 0.25) is 5.91 Å². The zero-order valence-corrected chi connectivity index (χ0v) is 11.1. The molecule has 0 bridgehead atoms. The number of nitrogens with one attached hydrogen (secondary N) is 1. The Morgan fingerprint density at radius 3 is 2.72 bits per heavy atom. The summed E-state index contributed by atoms with van der Waals surface area (Å²) >= 11 is 0. The topological polar surface area (TPSA) is 69.6 Å². The molecule has 2 atom stereocenters. The van der Waals surface area contributed by atoms with E-state index in [2.05, 4.69) is 10.2 Å². The molecule has 0 aromatic rings. The average molecular weight is 254 g/mol. The van der Waals surface area contributed by atoms with Crippen LogP contribution in [0.2, 0.25) is 0 Å². The Balaban J connectivity index is 1.86. The first-order valence-electron chi connectivity index (χ1n) is 6.67. The predicted molar refractivity (Wildman–Crippen MR) is 67.2 cm³/mol. The molecule has 102 valence electrons. The third-order valence-electron chi connectivity index (χ3n) is 4.13. The fraction of sp³-hybridized carbons (Fsp3) is 0.846. The fourth-order valence-electron chi connectivity index (χ4n) is 2.99. The molecular weight excluding hydrogens is 232 g/mol. The standard InChI is InChI=1S/C13H22N2O3/c1-13(2,12(17)18)8-11(16)14-9-5-7-15-6-3-4-10(9)15/h9-10H,3-8H2,1-2H3,(H,14,16)(H,17,18). The third-order valence-corrected chi connectivity index (χ3v) is 4.13. The van der Waals surface area contributed by atoms with Gasteiger partial charge in [-0.05, 0) is 39.7 Å². The number of aliphatic carboxylic acids is 1. The number of amides is 1. The summed E-state index contributed by atoms with van der Waals surface area (Å²) in [6.07, 6.45) is 3.39. The van der Waals surface area contributed by atoms with Gasteiger partial charge in [0.15, 0.2) is 0 Å². The van der Waals surface area contributed by atoms with Gasteiger partial charge in [-0.1, -0.05) is 0 Å². The van der Waals surface area contributed by atoms with Gasteiger partial charge in [0.25, 0.3) is 0 Å². The largest absolute Gasteiger partial charge is 0.481 e. The van der Waals surface area contributed by atoms with Gasteiger partial charge in [0.1, 0.15) is 0 Å². The van der Waals surface area contributed by atoms with E-state index in [1.54, 1.807) is 13.8 Å². The molecule has 0 saturated carbocycles. The Bertz CT molecular complexity index is 354. The van der Waals surface area contributed by atoms with E-state index in [0.29, 0.717) is 6.04 Å². The third kappa shape index (κ3) is 2.66. The van der Waals surface area contributed by atoms with Gasteiger partial charge in [0, 0.05) is 25.0 Å². The second-order valence-electron chi connectivity index (χ2n) is 6.07. The van der Waals surface area contributed by atoms with Crippen LogP contribution in [0.5, 0.6) is 0 Å². The van der Waals surface area contributed by atoms with Crippen molar-refractivity contribution < 1.29 is 14.7 Å². The first-order chi connectivity index (χ1) is 8.40. The summed E-state index contributed by atoms with van der Waals surface area (Å²) in [6, 6.07) is 0.687. The zero-order chi connectivity index (χ0) is 13.3. The van der Waals surface area contributed by atoms with Crippen molar-refractivity contribution in [1.29, 1.82) is 0 Å².